The fraction of sp³-hybridized carbons (Fsp3) is 0.500. The Kier molecular flexibility index (Phi) is 6.45. The van der Waals surface area contributed by atoms with E-state index in [-0.39, 0.29) is 16.4 Å². The van der Waals surface area contributed by atoms with E-state index in [0.29, 0.717) is 18.7 Å². The number of carbonyl (C=O) groups excluding carboxylic acids is 1. The van der Waals surface area contributed by atoms with Gasteiger partial charge in [-0.1, -0.05) is 13.0 Å². The van der Waals surface area contributed by atoms with E-state index in [1.165, 1.54) is 6.07 Å². The molecule has 0 heterocycles. The molecule has 0 aliphatic heterocycles. The number of amides is 1. The number of halogens is 2. The number of methoxy groups -OCH3 is 1. The smallest absolute Gasteiger partial charge is 0.255 e. The molecule has 1 atom stereocenters. The van der Waals surface area contributed by atoms with Crippen LogP contribution in [0.15, 0.2) is 22.7 Å². The molecule has 1 rings (SSSR count). The van der Waals surface area contributed by atoms with Gasteiger partial charge < -0.3 is 9.64 Å². The molecule has 0 bridgehead atoms. The van der Waals surface area contributed by atoms with Crippen LogP contribution in [-0.2, 0) is 4.74 Å². The summed E-state index contributed by atoms with van der Waals surface area (Å²) in [5.41, 5.74) is 0.344. The Balaban J connectivity index is 3.01. The molecule has 0 fully saturated rings. The van der Waals surface area contributed by atoms with Crippen molar-refractivity contribution in [2.75, 3.05) is 20.3 Å². The highest BCUT2D eigenvalue weighted by molar-refractivity contribution is 9.10. The molecule has 1 aromatic carbocycles. The second-order valence-electron chi connectivity index (χ2n) is 4.35. The second-order valence-corrected chi connectivity index (χ2v) is 5.14. The molecule has 0 saturated carbocycles. The van der Waals surface area contributed by atoms with Gasteiger partial charge in [-0.3, -0.25) is 4.79 Å². The summed E-state index contributed by atoms with van der Waals surface area (Å²) in [5.74, 6) is -0.612. The maximum atomic E-state index is 13.5. The number of benzene rings is 1. The third-order valence-corrected chi connectivity index (χ3v) is 3.91. The zero-order chi connectivity index (χ0) is 14.4. The Labute approximate surface area is 121 Å². The van der Waals surface area contributed by atoms with Crippen molar-refractivity contribution in [3.05, 3.63) is 34.1 Å². The fourth-order valence-corrected chi connectivity index (χ4v) is 2.19. The lowest BCUT2D eigenvalue weighted by atomic mass is 10.1. The predicted octanol–water partition coefficient (Wildman–Crippen LogP) is 3.48. The number of carbonyl (C=O) groups is 1. The summed E-state index contributed by atoms with van der Waals surface area (Å²) in [4.78, 5) is 14.2. The first-order chi connectivity index (χ1) is 9.02. The molecule has 1 unspecified atom stereocenters. The molecule has 5 heteroatoms. The van der Waals surface area contributed by atoms with E-state index in [1.54, 1.807) is 24.1 Å². The largest absolute Gasteiger partial charge is 0.383 e. The summed E-state index contributed by atoms with van der Waals surface area (Å²) in [6.07, 6.45) is 0.836. The summed E-state index contributed by atoms with van der Waals surface area (Å²) < 4.78 is 18.7. The lowest BCUT2D eigenvalue weighted by Crippen LogP contribution is -2.40. The SMILES string of the molecule is CCC(C)N(CCOC)C(=O)c1cccc(F)c1Br. The third kappa shape index (κ3) is 4.01. The highest BCUT2D eigenvalue weighted by Gasteiger charge is 2.23. The van der Waals surface area contributed by atoms with E-state index in [4.69, 9.17) is 4.74 Å². The zero-order valence-corrected chi connectivity index (χ0v) is 13.0. The van der Waals surface area contributed by atoms with Crippen molar-refractivity contribution in [3.63, 3.8) is 0 Å². The van der Waals surface area contributed by atoms with Crippen LogP contribution in [0.4, 0.5) is 4.39 Å². The minimum Gasteiger partial charge on any atom is -0.383 e. The van der Waals surface area contributed by atoms with Crippen molar-refractivity contribution in [2.45, 2.75) is 26.3 Å². The Bertz CT molecular complexity index is 439. The Morgan fingerprint density at radius 3 is 2.79 bits per heavy atom. The van der Waals surface area contributed by atoms with Crippen LogP contribution >= 0.6 is 15.9 Å². The molecular formula is C14H19BrFNO2. The standard InChI is InChI=1S/C14H19BrFNO2/c1-4-10(2)17(8-9-19-3)14(18)11-6-5-7-12(16)13(11)15/h5-7,10H,4,8-9H2,1-3H3. The molecule has 1 aromatic rings. The molecule has 0 saturated heterocycles. The van der Waals surface area contributed by atoms with Gasteiger partial charge in [-0.2, -0.15) is 0 Å². The highest BCUT2D eigenvalue weighted by Crippen LogP contribution is 2.23. The first kappa shape index (κ1) is 16.1. The van der Waals surface area contributed by atoms with Crippen molar-refractivity contribution >= 4 is 21.8 Å². The summed E-state index contributed by atoms with van der Waals surface area (Å²) in [6.45, 7) is 4.94. The molecule has 3 nitrogen and oxygen atoms in total. The van der Waals surface area contributed by atoms with Crippen LogP contribution in [0, 0.1) is 5.82 Å². The molecule has 0 aliphatic carbocycles. The van der Waals surface area contributed by atoms with Gasteiger partial charge in [-0.05, 0) is 41.4 Å². The van der Waals surface area contributed by atoms with E-state index in [9.17, 15) is 9.18 Å². The average molecular weight is 332 g/mol. The van der Waals surface area contributed by atoms with E-state index >= 15 is 0 Å². The van der Waals surface area contributed by atoms with Crippen LogP contribution in [0.1, 0.15) is 30.6 Å². The van der Waals surface area contributed by atoms with Gasteiger partial charge in [-0.15, -0.1) is 0 Å². The van der Waals surface area contributed by atoms with Gasteiger partial charge in [0, 0.05) is 19.7 Å². The number of rotatable bonds is 6. The van der Waals surface area contributed by atoms with Crippen molar-refractivity contribution in [1.29, 1.82) is 0 Å². The summed E-state index contributed by atoms with van der Waals surface area (Å²) in [5, 5.41) is 0. The Hall–Kier alpha value is -0.940. The molecule has 0 aliphatic rings. The van der Waals surface area contributed by atoms with E-state index in [2.05, 4.69) is 15.9 Å². The van der Waals surface area contributed by atoms with Gasteiger partial charge in [-0.25, -0.2) is 4.39 Å². The van der Waals surface area contributed by atoms with Gasteiger partial charge in [0.05, 0.1) is 16.6 Å². The van der Waals surface area contributed by atoms with Crippen LogP contribution < -0.4 is 0 Å². The molecular weight excluding hydrogens is 313 g/mol. The van der Waals surface area contributed by atoms with Crippen molar-refractivity contribution in [3.8, 4) is 0 Å². The number of hydrogen-bond donors (Lipinski definition) is 0. The van der Waals surface area contributed by atoms with E-state index in [1.807, 2.05) is 13.8 Å². The van der Waals surface area contributed by atoms with Crippen molar-refractivity contribution < 1.29 is 13.9 Å². The van der Waals surface area contributed by atoms with Gasteiger partial charge in [0.15, 0.2) is 0 Å². The predicted molar refractivity (Wildman–Crippen MR) is 76.8 cm³/mol. The van der Waals surface area contributed by atoms with Crippen LogP contribution in [0.3, 0.4) is 0 Å². The zero-order valence-electron chi connectivity index (χ0n) is 11.5. The summed E-state index contributed by atoms with van der Waals surface area (Å²) >= 11 is 3.13. The topological polar surface area (TPSA) is 29.5 Å². The normalized spacial score (nSPS) is 12.3. The second kappa shape index (κ2) is 7.60. The Morgan fingerprint density at radius 1 is 1.53 bits per heavy atom. The van der Waals surface area contributed by atoms with Gasteiger partial charge >= 0.3 is 0 Å². The molecule has 0 spiro atoms. The molecule has 0 N–H and O–H groups in total. The molecule has 0 radical (unpaired) electrons. The van der Waals surface area contributed by atoms with Crippen molar-refractivity contribution in [2.24, 2.45) is 0 Å². The fourth-order valence-electron chi connectivity index (χ4n) is 1.76. The first-order valence-corrected chi connectivity index (χ1v) is 7.06. The lowest BCUT2D eigenvalue weighted by Gasteiger charge is -2.28. The van der Waals surface area contributed by atoms with Gasteiger partial charge in [0.2, 0.25) is 0 Å². The van der Waals surface area contributed by atoms with Gasteiger partial charge in [0.1, 0.15) is 5.82 Å². The highest BCUT2D eigenvalue weighted by atomic mass is 79.9. The van der Waals surface area contributed by atoms with Crippen LogP contribution in [0.2, 0.25) is 0 Å². The number of nitrogens with zero attached hydrogens (tertiary/aromatic N) is 1. The molecule has 0 aromatic heterocycles. The molecule has 19 heavy (non-hydrogen) atoms. The Morgan fingerprint density at radius 2 is 2.21 bits per heavy atom. The number of hydrogen-bond acceptors (Lipinski definition) is 2. The molecule has 1 amide bonds. The average Bonchev–Trinajstić information content (AvgIpc) is 2.41. The minimum atomic E-state index is -0.429. The first-order valence-electron chi connectivity index (χ1n) is 6.26. The summed E-state index contributed by atoms with van der Waals surface area (Å²) in [7, 11) is 1.59. The third-order valence-electron chi connectivity index (χ3n) is 3.10. The van der Waals surface area contributed by atoms with Crippen LogP contribution in [0.5, 0.6) is 0 Å². The summed E-state index contributed by atoms with van der Waals surface area (Å²) in [6, 6.07) is 4.57. The van der Waals surface area contributed by atoms with E-state index < -0.39 is 5.82 Å². The number of ether oxygens (including phenoxy) is 1. The van der Waals surface area contributed by atoms with Crippen molar-refractivity contribution in [1.82, 2.24) is 4.90 Å². The minimum absolute atomic E-state index is 0.0813. The van der Waals surface area contributed by atoms with Gasteiger partial charge in [0.25, 0.3) is 5.91 Å². The van der Waals surface area contributed by atoms with Crippen LogP contribution in [-0.4, -0.2) is 37.1 Å². The maximum absolute atomic E-state index is 13.5. The van der Waals surface area contributed by atoms with E-state index in [0.717, 1.165) is 6.42 Å². The quantitative estimate of drug-likeness (QED) is 0.798. The maximum Gasteiger partial charge on any atom is 0.255 e. The lowest BCUT2D eigenvalue weighted by molar-refractivity contribution is 0.0612. The van der Waals surface area contributed by atoms with Crippen LogP contribution in [0.25, 0.3) is 0 Å². The molecule has 106 valence electrons. The monoisotopic (exact) mass is 331 g/mol.